The smallest absolute Gasteiger partial charge is 0.303 e. The first-order valence-electron chi connectivity index (χ1n) is 29.5. The zero-order valence-corrected chi connectivity index (χ0v) is 48.6. The second-order valence-electron chi connectivity index (χ2n) is 21.8. The van der Waals surface area contributed by atoms with Gasteiger partial charge in [-0.3, -0.25) is 28.8 Å². The summed E-state index contributed by atoms with van der Waals surface area (Å²) >= 11 is 0. The van der Waals surface area contributed by atoms with Crippen molar-refractivity contribution < 1.29 is 96.6 Å². The van der Waals surface area contributed by atoms with Crippen LogP contribution in [0.15, 0.2) is 0 Å². The first-order valence-corrected chi connectivity index (χ1v) is 29.5. The molecule has 14 atom stereocenters. The largest absolute Gasteiger partial charge is 0.460 e. The van der Waals surface area contributed by atoms with E-state index in [1.807, 2.05) is 0 Å². The number of nitrogens with zero attached hydrogens (tertiary/aromatic N) is 1. The third-order valence-corrected chi connectivity index (χ3v) is 14.3. The molecular weight excluding hydrogens is 1030 g/mol. The number of hydrogen-bond acceptors (Lipinski definition) is 21. The van der Waals surface area contributed by atoms with Gasteiger partial charge in [-0.05, 0) is 72.0 Å². The van der Waals surface area contributed by atoms with Crippen molar-refractivity contribution in [2.75, 3.05) is 47.0 Å². The van der Waals surface area contributed by atoms with Crippen LogP contribution < -0.4 is 5.32 Å². The number of rotatable bonds is 41. The van der Waals surface area contributed by atoms with Gasteiger partial charge in [-0.2, -0.15) is 0 Å². The van der Waals surface area contributed by atoms with Gasteiger partial charge in [-0.15, -0.1) is 0 Å². The highest BCUT2D eigenvalue weighted by molar-refractivity contribution is 5.78. The van der Waals surface area contributed by atoms with Crippen molar-refractivity contribution in [2.24, 2.45) is 0 Å². The first-order chi connectivity index (χ1) is 37.8. The van der Waals surface area contributed by atoms with Crippen molar-refractivity contribution in [3.8, 4) is 0 Å². The van der Waals surface area contributed by atoms with E-state index in [1.165, 1.54) is 26.2 Å². The Kier molecular flexibility index (Phi) is 35.3. The molecule has 0 aliphatic carbocycles. The maximum Gasteiger partial charge on any atom is 0.303 e. The fourth-order valence-electron chi connectivity index (χ4n) is 10.1. The summed E-state index contributed by atoms with van der Waals surface area (Å²) in [7, 11) is 4.12. The van der Waals surface area contributed by atoms with Crippen LogP contribution in [-0.4, -0.2) is 194 Å². The summed E-state index contributed by atoms with van der Waals surface area (Å²) in [5.74, 6) is -2.36. The molecule has 3 fully saturated rings. The zero-order chi connectivity index (χ0) is 58.1. The molecule has 3 aliphatic heterocycles. The van der Waals surface area contributed by atoms with Crippen LogP contribution in [0, 0.1) is 0 Å². The van der Waals surface area contributed by atoms with Crippen LogP contribution in [0.5, 0.6) is 0 Å². The Morgan fingerprint density at radius 2 is 1.03 bits per heavy atom. The number of unbranched alkanes of at least 4 members (excludes halogenated alkanes) is 16. The molecular formula is C57H100N2O20. The minimum atomic E-state index is -1.77. The summed E-state index contributed by atoms with van der Waals surface area (Å²) in [5.41, 5.74) is 0. The van der Waals surface area contributed by atoms with Crippen molar-refractivity contribution in [1.29, 1.82) is 0 Å². The molecule has 0 aromatic heterocycles. The van der Waals surface area contributed by atoms with Crippen molar-refractivity contribution in [2.45, 2.75) is 281 Å². The Labute approximate surface area is 469 Å². The average Bonchev–Trinajstić information content (AvgIpc) is 3.40. The molecule has 0 saturated carbocycles. The molecule has 22 heteroatoms. The Balaban J connectivity index is 1.42. The zero-order valence-electron chi connectivity index (χ0n) is 48.6. The predicted octanol–water partition coefficient (Wildman–Crippen LogP) is 5.40. The third kappa shape index (κ3) is 28.4. The summed E-state index contributed by atoms with van der Waals surface area (Å²) in [6.07, 6.45) is 3.33. The molecule has 0 spiro atoms. The lowest BCUT2D eigenvalue weighted by Crippen LogP contribution is -2.63. The number of ketones is 1. The highest BCUT2D eigenvalue weighted by Gasteiger charge is 2.52. The van der Waals surface area contributed by atoms with Crippen LogP contribution in [-0.2, 0) is 76.1 Å². The van der Waals surface area contributed by atoms with Crippen molar-refractivity contribution >= 4 is 35.6 Å². The number of nitrogens with one attached hydrogen (secondary N) is 1. The Hall–Kier alpha value is -3.42. The minimum Gasteiger partial charge on any atom is -0.460 e. The van der Waals surface area contributed by atoms with Crippen molar-refractivity contribution in [3.05, 3.63) is 0 Å². The van der Waals surface area contributed by atoms with E-state index in [1.54, 1.807) is 0 Å². The van der Waals surface area contributed by atoms with Crippen LogP contribution >= 0.6 is 0 Å². The second kappa shape index (κ2) is 39.9. The molecule has 3 saturated heterocycles. The minimum absolute atomic E-state index is 0.162. The third-order valence-electron chi connectivity index (χ3n) is 14.3. The van der Waals surface area contributed by atoms with Gasteiger partial charge in [-0.1, -0.05) is 96.8 Å². The number of aliphatic hydroxyl groups is 4. The number of aliphatic hydroxyl groups excluding tert-OH is 4. The molecule has 3 aliphatic rings. The van der Waals surface area contributed by atoms with Crippen LogP contribution in [0.2, 0.25) is 0 Å². The molecule has 0 radical (unpaired) electrons. The molecule has 0 aromatic carbocycles. The van der Waals surface area contributed by atoms with Gasteiger partial charge >= 0.3 is 23.9 Å². The molecule has 0 aromatic rings. The Bertz CT molecular complexity index is 1740. The van der Waals surface area contributed by atoms with E-state index in [4.69, 9.17) is 47.4 Å². The maximum absolute atomic E-state index is 12.6. The molecule has 3 heterocycles. The van der Waals surface area contributed by atoms with Crippen LogP contribution in [0.1, 0.15) is 195 Å². The van der Waals surface area contributed by atoms with Gasteiger partial charge in [0.25, 0.3) is 0 Å². The molecule has 5 N–H and O–H groups in total. The highest BCUT2D eigenvalue weighted by Crippen LogP contribution is 2.32. The molecule has 1 amide bonds. The van der Waals surface area contributed by atoms with Crippen LogP contribution in [0.25, 0.3) is 0 Å². The number of carbonyl (C=O) groups is 6. The number of amides is 1. The predicted molar refractivity (Wildman–Crippen MR) is 288 cm³/mol. The van der Waals surface area contributed by atoms with Gasteiger partial charge in [0.15, 0.2) is 37.2 Å². The van der Waals surface area contributed by atoms with E-state index in [-0.39, 0.29) is 19.1 Å². The van der Waals surface area contributed by atoms with Gasteiger partial charge in [0, 0.05) is 53.5 Å². The quantitative estimate of drug-likeness (QED) is 0.0291. The molecule has 79 heavy (non-hydrogen) atoms. The number of carbonyl (C=O) groups excluding carboxylic acids is 6. The second-order valence-corrected chi connectivity index (χ2v) is 21.8. The number of esters is 4. The number of ether oxygens (including phenoxy) is 10. The van der Waals surface area contributed by atoms with Crippen LogP contribution in [0.4, 0.5) is 0 Å². The molecule has 3 rings (SSSR count). The van der Waals surface area contributed by atoms with Gasteiger partial charge < -0.3 is 78.0 Å². The topological polar surface area (TPSA) is 291 Å². The van der Waals surface area contributed by atoms with E-state index >= 15 is 0 Å². The summed E-state index contributed by atoms with van der Waals surface area (Å²) < 4.78 is 57.3. The number of Topliss-reactive ketones (excluding diaryl/α,β-unsaturated/α-hetero) is 1. The van der Waals surface area contributed by atoms with E-state index in [0.717, 1.165) is 143 Å². The van der Waals surface area contributed by atoms with Crippen LogP contribution in [0.3, 0.4) is 0 Å². The Morgan fingerprint density at radius 1 is 0.506 bits per heavy atom. The lowest BCUT2D eigenvalue weighted by molar-refractivity contribution is -0.356. The van der Waals surface area contributed by atoms with Gasteiger partial charge in [0.1, 0.15) is 48.5 Å². The average molecular weight is 1130 g/mol. The SMILES string of the molecule is CCCCCCC(OC1OCC(OC2OCC(O)C(OC3OCC(OC(C)=O)C(OC(C)=O)C3OC(C)=O)C2O)C(O)C1O)C(CCCCCCCC(=O)CCCCCCCCCCCC(=O)NCCCCN(C)C)OC(C)=O. The van der Waals surface area contributed by atoms with Gasteiger partial charge in [-0.25, -0.2) is 0 Å². The molecule has 0 bridgehead atoms. The lowest BCUT2D eigenvalue weighted by atomic mass is 9.98. The molecule has 14 unspecified atom stereocenters. The highest BCUT2D eigenvalue weighted by atomic mass is 16.8. The Morgan fingerprint density at radius 3 is 1.61 bits per heavy atom. The number of hydrogen-bond donors (Lipinski definition) is 5. The van der Waals surface area contributed by atoms with Gasteiger partial charge in [0.2, 0.25) is 5.91 Å². The van der Waals surface area contributed by atoms with Gasteiger partial charge in [0.05, 0.1) is 25.9 Å². The van der Waals surface area contributed by atoms with Crippen molar-refractivity contribution in [3.63, 3.8) is 0 Å². The monoisotopic (exact) mass is 1130 g/mol. The van der Waals surface area contributed by atoms with E-state index in [0.29, 0.717) is 37.9 Å². The molecule has 458 valence electrons. The summed E-state index contributed by atoms with van der Waals surface area (Å²) in [6.45, 7) is 7.39. The fourth-order valence-corrected chi connectivity index (χ4v) is 10.1. The summed E-state index contributed by atoms with van der Waals surface area (Å²) in [6, 6.07) is 0. The van der Waals surface area contributed by atoms with E-state index in [9.17, 15) is 49.2 Å². The van der Waals surface area contributed by atoms with Crippen molar-refractivity contribution in [1.82, 2.24) is 10.2 Å². The summed E-state index contributed by atoms with van der Waals surface area (Å²) in [5, 5.41) is 48.1. The lowest BCUT2D eigenvalue weighted by Gasteiger charge is -2.45. The standard InChI is InChI=1S/C57H100N2O20/c1-8-9-10-23-31-45(44(73-38(2)60)30-24-19-16-18-22-29-42(64)28-21-17-14-12-11-13-15-20-25-32-48(66)58-33-26-27-34-59(6)7)77-55-50(68)49(67)46(36-71-55)78-56-51(69)52(43(65)35-70-56)79-57-54(76-41(5)63)53(75-40(4)62)47(37-72-57)74-39(3)61/h43-47,49-57,65,67-69H,8-37H2,1-7H3,(H,58,66). The maximum atomic E-state index is 12.6. The molecule has 22 nitrogen and oxygen atoms in total. The summed E-state index contributed by atoms with van der Waals surface area (Å²) in [4.78, 5) is 75.3. The van der Waals surface area contributed by atoms with E-state index in [2.05, 4.69) is 31.2 Å². The normalized spacial score (nSPS) is 26.9. The fraction of sp³-hybridized carbons (Fsp3) is 0.895. The first kappa shape index (κ1) is 69.8. The van der Waals surface area contributed by atoms with E-state index < -0.39 is 116 Å².